The lowest BCUT2D eigenvalue weighted by atomic mass is 10.0. The summed E-state index contributed by atoms with van der Waals surface area (Å²) in [4.78, 5) is 24.9. The van der Waals surface area contributed by atoms with Crippen molar-refractivity contribution in [2.75, 3.05) is 14.2 Å². The maximum absolute atomic E-state index is 12.6. The van der Waals surface area contributed by atoms with Crippen LogP contribution in [0.4, 0.5) is 0 Å². The van der Waals surface area contributed by atoms with Crippen molar-refractivity contribution in [3.05, 3.63) is 69.6 Å². The highest BCUT2D eigenvalue weighted by atomic mass is 16.5. The molecule has 0 aliphatic heterocycles. The van der Waals surface area contributed by atoms with Crippen molar-refractivity contribution >= 4 is 16.8 Å². The molecule has 3 aromatic rings. The third-order valence-electron chi connectivity index (χ3n) is 3.80. The zero-order chi connectivity index (χ0) is 17.3. The van der Waals surface area contributed by atoms with Gasteiger partial charge in [-0.3, -0.25) is 4.79 Å². The molecule has 122 valence electrons. The molecule has 0 atom stereocenters. The predicted molar refractivity (Wildman–Crippen MR) is 90.2 cm³/mol. The molecule has 0 fully saturated rings. The Morgan fingerprint density at radius 2 is 1.71 bits per heavy atom. The molecule has 0 bridgehead atoms. The smallest absolute Gasteiger partial charge is 0.347 e. The lowest BCUT2D eigenvalue weighted by Gasteiger charge is -2.09. The summed E-state index contributed by atoms with van der Waals surface area (Å²) in [5.41, 5.74) is 1.04. The summed E-state index contributed by atoms with van der Waals surface area (Å²) in [5, 5.41) is 0.536. The lowest BCUT2D eigenvalue weighted by Crippen LogP contribution is -2.15. The van der Waals surface area contributed by atoms with Crippen molar-refractivity contribution < 1.29 is 18.7 Å². The van der Waals surface area contributed by atoms with E-state index < -0.39 is 5.63 Å². The number of ether oxygens (including phenoxy) is 2. The van der Waals surface area contributed by atoms with Gasteiger partial charge in [0, 0.05) is 17.7 Å². The van der Waals surface area contributed by atoms with E-state index >= 15 is 0 Å². The molecule has 3 rings (SSSR count). The molecule has 0 radical (unpaired) electrons. The number of carbonyl (C=O) groups is 1. The minimum atomic E-state index is -0.691. The van der Waals surface area contributed by atoms with Crippen molar-refractivity contribution in [2.24, 2.45) is 0 Å². The summed E-state index contributed by atoms with van der Waals surface area (Å²) in [6.07, 6.45) is 0. The second kappa shape index (κ2) is 6.20. The summed E-state index contributed by atoms with van der Waals surface area (Å²) < 4.78 is 15.8. The van der Waals surface area contributed by atoms with Gasteiger partial charge in [0.2, 0.25) is 0 Å². The molecule has 5 heteroatoms. The number of aryl methyl sites for hydroxylation is 1. The van der Waals surface area contributed by atoms with E-state index in [1.165, 1.54) is 20.3 Å². The molecule has 0 aliphatic rings. The zero-order valence-electron chi connectivity index (χ0n) is 13.6. The van der Waals surface area contributed by atoms with E-state index in [-0.39, 0.29) is 11.3 Å². The second-order valence-electron chi connectivity index (χ2n) is 5.38. The third kappa shape index (κ3) is 2.76. The van der Waals surface area contributed by atoms with E-state index in [1.54, 1.807) is 24.3 Å². The van der Waals surface area contributed by atoms with E-state index in [2.05, 4.69) is 0 Å². The summed E-state index contributed by atoms with van der Waals surface area (Å²) in [6, 6.07) is 11.8. The first-order chi connectivity index (χ1) is 11.5. The normalized spacial score (nSPS) is 10.6. The maximum atomic E-state index is 12.6. The van der Waals surface area contributed by atoms with Crippen molar-refractivity contribution in [3.8, 4) is 11.5 Å². The number of rotatable bonds is 4. The summed E-state index contributed by atoms with van der Waals surface area (Å²) in [6.45, 7) is 1.93. The molecule has 0 N–H and O–H groups in total. The standard InChI is InChI=1S/C19H16O5/c1-11-4-6-12(7-5-11)18(20)15-10-14-16(23-3)8-13(22-2)9-17(14)24-19(15)21/h4-10H,1-3H3. The fourth-order valence-corrected chi connectivity index (χ4v) is 2.47. The van der Waals surface area contributed by atoms with E-state index in [0.717, 1.165) is 5.56 Å². The summed E-state index contributed by atoms with van der Waals surface area (Å²) >= 11 is 0. The Balaban J connectivity index is 2.18. The van der Waals surface area contributed by atoms with Gasteiger partial charge in [0.05, 0.1) is 19.6 Å². The van der Waals surface area contributed by atoms with Gasteiger partial charge in [0.1, 0.15) is 22.6 Å². The first-order valence-electron chi connectivity index (χ1n) is 7.34. The fraction of sp³-hybridized carbons (Fsp3) is 0.158. The van der Waals surface area contributed by atoms with Gasteiger partial charge in [0.25, 0.3) is 0 Å². The predicted octanol–water partition coefficient (Wildman–Crippen LogP) is 3.35. The Morgan fingerprint density at radius 1 is 1.00 bits per heavy atom. The first-order valence-corrected chi connectivity index (χ1v) is 7.34. The van der Waals surface area contributed by atoms with Gasteiger partial charge in [-0.2, -0.15) is 0 Å². The molecule has 0 spiro atoms. The molecule has 1 heterocycles. The zero-order valence-corrected chi connectivity index (χ0v) is 13.6. The van der Waals surface area contributed by atoms with Crippen LogP contribution >= 0.6 is 0 Å². The van der Waals surface area contributed by atoms with Gasteiger partial charge in [-0.25, -0.2) is 4.79 Å². The molecule has 0 aliphatic carbocycles. The molecule has 0 saturated carbocycles. The lowest BCUT2D eigenvalue weighted by molar-refractivity contribution is 0.103. The highest BCUT2D eigenvalue weighted by Crippen LogP contribution is 2.31. The van der Waals surface area contributed by atoms with Crippen LogP contribution in [0.25, 0.3) is 11.0 Å². The molecule has 0 unspecified atom stereocenters. The van der Waals surface area contributed by atoms with Crippen LogP contribution in [0.3, 0.4) is 0 Å². The van der Waals surface area contributed by atoms with Gasteiger partial charge in [-0.15, -0.1) is 0 Å². The minimum absolute atomic E-state index is 0.0326. The molecule has 0 saturated heterocycles. The number of fused-ring (bicyclic) bond motifs is 1. The van der Waals surface area contributed by atoms with E-state index in [0.29, 0.717) is 28.0 Å². The van der Waals surface area contributed by atoms with Crippen molar-refractivity contribution in [1.82, 2.24) is 0 Å². The van der Waals surface area contributed by atoms with Crippen LogP contribution in [0.2, 0.25) is 0 Å². The van der Waals surface area contributed by atoms with Crippen molar-refractivity contribution in [2.45, 2.75) is 6.92 Å². The largest absolute Gasteiger partial charge is 0.496 e. The number of carbonyl (C=O) groups excluding carboxylic acids is 1. The monoisotopic (exact) mass is 324 g/mol. The van der Waals surface area contributed by atoms with E-state index in [1.807, 2.05) is 19.1 Å². The maximum Gasteiger partial charge on any atom is 0.347 e. The summed E-state index contributed by atoms with van der Waals surface area (Å²) in [7, 11) is 3.01. The quantitative estimate of drug-likeness (QED) is 0.544. The molecule has 1 aromatic heterocycles. The van der Waals surface area contributed by atoms with Gasteiger partial charge >= 0.3 is 5.63 Å². The van der Waals surface area contributed by atoms with Crippen LogP contribution in [0.5, 0.6) is 11.5 Å². The highest BCUT2D eigenvalue weighted by Gasteiger charge is 2.18. The Bertz CT molecular complexity index is 967. The van der Waals surface area contributed by atoms with Crippen LogP contribution in [-0.4, -0.2) is 20.0 Å². The fourth-order valence-electron chi connectivity index (χ4n) is 2.47. The first kappa shape index (κ1) is 15.8. The van der Waals surface area contributed by atoms with Crippen molar-refractivity contribution in [1.29, 1.82) is 0 Å². The highest BCUT2D eigenvalue weighted by molar-refractivity contribution is 6.10. The third-order valence-corrected chi connectivity index (χ3v) is 3.80. The van der Waals surface area contributed by atoms with Crippen molar-refractivity contribution in [3.63, 3.8) is 0 Å². The average Bonchev–Trinajstić information content (AvgIpc) is 2.60. The topological polar surface area (TPSA) is 65.7 Å². The number of hydrogen-bond donors (Lipinski definition) is 0. The molecular weight excluding hydrogens is 308 g/mol. The number of ketones is 1. The van der Waals surface area contributed by atoms with Crippen LogP contribution in [0, 0.1) is 6.92 Å². The molecular formula is C19H16O5. The molecule has 24 heavy (non-hydrogen) atoms. The van der Waals surface area contributed by atoms with Crippen LogP contribution in [0.1, 0.15) is 21.5 Å². The Labute approximate surface area is 138 Å². The van der Waals surface area contributed by atoms with Crippen LogP contribution in [-0.2, 0) is 0 Å². The number of benzene rings is 2. The summed E-state index contributed by atoms with van der Waals surface area (Å²) in [5.74, 6) is 0.578. The van der Waals surface area contributed by atoms with Crippen LogP contribution < -0.4 is 15.1 Å². The Hall–Kier alpha value is -3.08. The van der Waals surface area contributed by atoms with Gasteiger partial charge in [-0.1, -0.05) is 29.8 Å². The van der Waals surface area contributed by atoms with Gasteiger partial charge in [0.15, 0.2) is 5.78 Å². The Kier molecular flexibility index (Phi) is 4.08. The Morgan fingerprint density at radius 3 is 2.33 bits per heavy atom. The van der Waals surface area contributed by atoms with E-state index in [4.69, 9.17) is 13.9 Å². The van der Waals surface area contributed by atoms with E-state index in [9.17, 15) is 9.59 Å². The van der Waals surface area contributed by atoms with Crippen LogP contribution in [0.15, 0.2) is 51.7 Å². The molecule has 0 amide bonds. The number of methoxy groups -OCH3 is 2. The molecule has 2 aromatic carbocycles. The minimum Gasteiger partial charge on any atom is -0.496 e. The average molecular weight is 324 g/mol. The number of hydrogen-bond acceptors (Lipinski definition) is 5. The second-order valence-corrected chi connectivity index (χ2v) is 5.38. The van der Waals surface area contributed by atoms with Gasteiger partial charge < -0.3 is 13.9 Å². The van der Waals surface area contributed by atoms with Gasteiger partial charge in [-0.05, 0) is 13.0 Å². The SMILES string of the molecule is COc1cc(OC)c2cc(C(=O)c3ccc(C)cc3)c(=O)oc2c1. The molecule has 5 nitrogen and oxygen atoms in total.